The van der Waals surface area contributed by atoms with Crippen LogP contribution in [-0.2, 0) is 5.75 Å². The number of nitro groups is 1. The molecular weight excluding hydrogens is 314 g/mol. The molecule has 0 atom stereocenters. The molecule has 2 aromatic carbocycles. The number of thioether (sulfide) groups is 1. The van der Waals surface area contributed by atoms with Crippen molar-refractivity contribution < 1.29 is 4.92 Å². The molecule has 92 valence electrons. The van der Waals surface area contributed by atoms with E-state index in [-0.39, 0.29) is 10.6 Å². The SMILES string of the molecule is O=[N+]([O-])c1c(Br)cccc1SCc1ccccc1. The highest BCUT2D eigenvalue weighted by atomic mass is 79.9. The van der Waals surface area contributed by atoms with E-state index in [1.54, 1.807) is 12.1 Å². The van der Waals surface area contributed by atoms with Crippen LogP contribution >= 0.6 is 27.7 Å². The standard InChI is InChI=1S/C13H10BrNO2S/c14-11-7-4-8-12(13(11)15(16)17)18-9-10-5-2-1-3-6-10/h1-8H,9H2. The molecule has 0 aliphatic heterocycles. The van der Waals surface area contributed by atoms with Gasteiger partial charge in [0.15, 0.2) is 0 Å². The van der Waals surface area contributed by atoms with Gasteiger partial charge in [-0.3, -0.25) is 10.1 Å². The molecule has 0 heterocycles. The third-order valence-electron chi connectivity index (χ3n) is 2.37. The minimum Gasteiger partial charge on any atom is -0.258 e. The molecule has 0 spiro atoms. The molecular formula is C13H10BrNO2S. The van der Waals surface area contributed by atoms with Crippen LogP contribution in [0.25, 0.3) is 0 Å². The Balaban J connectivity index is 2.20. The summed E-state index contributed by atoms with van der Waals surface area (Å²) in [5.41, 5.74) is 1.29. The van der Waals surface area contributed by atoms with Crippen molar-refractivity contribution in [2.24, 2.45) is 0 Å². The first-order valence-corrected chi connectivity index (χ1v) is 7.06. The van der Waals surface area contributed by atoms with E-state index in [0.717, 1.165) is 11.3 Å². The highest BCUT2D eigenvalue weighted by molar-refractivity contribution is 9.10. The molecule has 0 N–H and O–H groups in total. The van der Waals surface area contributed by atoms with Gasteiger partial charge in [0.2, 0.25) is 0 Å². The second-order valence-electron chi connectivity index (χ2n) is 3.62. The van der Waals surface area contributed by atoms with E-state index in [4.69, 9.17) is 0 Å². The van der Waals surface area contributed by atoms with E-state index in [2.05, 4.69) is 15.9 Å². The van der Waals surface area contributed by atoms with Crippen molar-refractivity contribution in [1.82, 2.24) is 0 Å². The van der Waals surface area contributed by atoms with Crippen molar-refractivity contribution in [2.75, 3.05) is 0 Å². The van der Waals surface area contributed by atoms with Crippen molar-refractivity contribution in [3.05, 3.63) is 68.7 Å². The van der Waals surface area contributed by atoms with Crippen LogP contribution < -0.4 is 0 Å². The molecule has 0 radical (unpaired) electrons. The van der Waals surface area contributed by atoms with Gasteiger partial charge < -0.3 is 0 Å². The Morgan fingerprint density at radius 3 is 2.50 bits per heavy atom. The van der Waals surface area contributed by atoms with Crippen LogP contribution in [0.15, 0.2) is 57.9 Å². The lowest BCUT2D eigenvalue weighted by Gasteiger charge is -2.04. The van der Waals surface area contributed by atoms with Crippen LogP contribution in [0.4, 0.5) is 5.69 Å². The van der Waals surface area contributed by atoms with Gasteiger partial charge in [-0.05, 0) is 33.6 Å². The maximum Gasteiger partial charge on any atom is 0.296 e. The maximum atomic E-state index is 11.0. The Labute approximate surface area is 117 Å². The van der Waals surface area contributed by atoms with Gasteiger partial charge in [-0.2, -0.15) is 0 Å². The molecule has 0 fully saturated rings. The third kappa shape index (κ3) is 3.11. The summed E-state index contributed by atoms with van der Waals surface area (Å²) in [6, 6.07) is 15.2. The van der Waals surface area contributed by atoms with Crippen molar-refractivity contribution in [3.63, 3.8) is 0 Å². The Morgan fingerprint density at radius 2 is 1.83 bits per heavy atom. The van der Waals surface area contributed by atoms with Crippen molar-refractivity contribution in [1.29, 1.82) is 0 Å². The van der Waals surface area contributed by atoms with E-state index in [0.29, 0.717) is 9.37 Å². The number of benzene rings is 2. The zero-order valence-corrected chi connectivity index (χ0v) is 11.8. The summed E-state index contributed by atoms with van der Waals surface area (Å²) in [4.78, 5) is 11.3. The quantitative estimate of drug-likeness (QED) is 0.467. The summed E-state index contributed by atoms with van der Waals surface area (Å²) < 4.78 is 0.519. The van der Waals surface area contributed by atoms with Gasteiger partial charge in [0.1, 0.15) is 0 Å². The minimum atomic E-state index is -0.350. The number of rotatable bonds is 4. The van der Waals surface area contributed by atoms with E-state index in [1.165, 1.54) is 11.8 Å². The first kappa shape index (κ1) is 13.1. The average molecular weight is 324 g/mol. The summed E-state index contributed by atoms with van der Waals surface area (Å²) in [7, 11) is 0. The minimum absolute atomic E-state index is 0.137. The average Bonchev–Trinajstić information content (AvgIpc) is 2.37. The molecule has 0 bridgehead atoms. The highest BCUT2D eigenvalue weighted by Crippen LogP contribution is 2.36. The topological polar surface area (TPSA) is 43.1 Å². The zero-order chi connectivity index (χ0) is 13.0. The Bertz CT molecular complexity index is 560. The fourth-order valence-corrected chi connectivity index (χ4v) is 3.18. The first-order chi connectivity index (χ1) is 8.68. The second-order valence-corrected chi connectivity index (χ2v) is 5.49. The fraction of sp³-hybridized carbons (Fsp3) is 0.0769. The number of nitrogens with zero attached hydrogens (tertiary/aromatic N) is 1. The number of halogens is 1. The Hall–Kier alpha value is -1.33. The number of para-hydroxylation sites is 1. The Morgan fingerprint density at radius 1 is 1.11 bits per heavy atom. The van der Waals surface area contributed by atoms with E-state index in [1.807, 2.05) is 36.4 Å². The summed E-state index contributed by atoms with van der Waals surface area (Å²) in [6.07, 6.45) is 0. The third-order valence-corrected chi connectivity index (χ3v) is 4.13. The van der Waals surface area contributed by atoms with Crippen molar-refractivity contribution in [3.8, 4) is 0 Å². The van der Waals surface area contributed by atoms with Crippen LogP contribution in [0.5, 0.6) is 0 Å². The second kappa shape index (κ2) is 6.02. The highest BCUT2D eigenvalue weighted by Gasteiger charge is 2.17. The molecule has 2 rings (SSSR count). The van der Waals surface area contributed by atoms with Gasteiger partial charge in [-0.1, -0.05) is 36.4 Å². The predicted octanol–water partition coefficient (Wildman–Crippen LogP) is 4.65. The largest absolute Gasteiger partial charge is 0.296 e. The van der Waals surface area contributed by atoms with Crippen LogP contribution in [0.1, 0.15) is 5.56 Å². The van der Waals surface area contributed by atoms with Gasteiger partial charge in [-0.25, -0.2) is 0 Å². The van der Waals surface area contributed by atoms with Crippen molar-refractivity contribution in [2.45, 2.75) is 10.6 Å². The molecule has 0 unspecified atom stereocenters. The van der Waals surface area contributed by atoms with Gasteiger partial charge in [0.05, 0.1) is 14.3 Å². The monoisotopic (exact) mass is 323 g/mol. The lowest BCUT2D eigenvalue weighted by molar-refractivity contribution is -0.388. The summed E-state index contributed by atoms with van der Waals surface area (Å²) in [5.74, 6) is 0.720. The fourth-order valence-electron chi connectivity index (χ4n) is 1.52. The molecule has 0 saturated carbocycles. The van der Waals surface area contributed by atoms with E-state index in [9.17, 15) is 10.1 Å². The maximum absolute atomic E-state index is 11.0. The summed E-state index contributed by atoms with van der Waals surface area (Å²) in [6.45, 7) is 0. The summed E-state index contributed by atoms with van der Waals surface area (Å²) in [5, 5.41) is 11.0. The molecule has 0 amide bonds. The van der Waals surface area contributed by atoms with Gasteiger partial charge >= 0.3 is 0 Å². The number of hydrogen-bond donors (Lipinski definition) is 0. The molecule has 0 aliphatic rings. The Kier molecular flexibility index (Phi) is 4.38. The smallest absolute Gasteiger partial charge is 0.258 e. The lowest BCUT2D eigenvalue weighted by Crippen LogP contribution is -1.92. The van der Waals surface area contributed by atoms with Crippen LogP contribution in [0, 0.1) is 10.1 Å². The molecule has 2 aromatic rings. The summed E-state index contributed by atoms with van der Waals surface area (Å²) >= 11 is 4.69. The van der Waals surface area contributed by atoms with Crippen LogP contribution in [-0.4, -0.2) is 4.92 Å². The lowest BCUT2D eigenvalue weighted by atomic mass is 10.2. The van der Waals surface area contributed by atoms with E-state index < -0.39 is 0 Å². The van der Waals surface area contributed by atoms with Gasteiger partial charge in [0.25, 0.3) is 5.69 Å². The number of hydrogen-bond acceptors (Lipinski definition) is 3. The normalized spacial score (nSPS) is 10.3. The zero-order valence-electron chi connectivity index (χ0n) is 9.38. The molecule has 18 heavy (non-hydrogen) atoms. The van der Waals surface area contributed by atoms with Crippen LogP contribution in [0.2, 0.25) is 0 Å². The molecule has 0 aliphatic carbocycles. The molecule has 0 aromatic heterocycles. The molecule has 3 nitrogen and oxygen atoms in total. The van der Waals surface area contributed by atoms with Gasteiger partial charge in [0, 0.05) is 5.75 Å². The van der Waals surface area contributed by atoms with Crippen molar-refractivity contribution >= 4 is 33.4 Å². The molecule has 0 saturated heterocycles. The number of nitro benzene ring substituents is 1. The van der Waals surface area contributed by atoms with Crippen LogP contribution in [0.3, 0.4) is 0 Å². The van der Waals surface area contributed by atoms with E-state index >= 15 is 0 Å². The van der Waals surface area contributed by atoms with Gasteiger partial charge in [-0.15, -0.1) is 11.8 Å². The predicted molar refractivity (Wildman–Crippen MR) is 76.8 cm³/mol. The molecule has 5 heteroatoms. The first-order valence-electron chi connectivity index (χ1n) is 5.28.